The highest BCUT2D eigenvalue weighted by atomic mass is 32.1. The molecule has 52 heavy (non-hydrogen) atoms. The quantitative estimate of drug-likeness (QED) is 0.149. The average molecular weight is 683 g/mol. The molecule has 6 aromatic carbocycles. The second-order valence-electron chi connectivity index (χ2n) is 13.0. The summed E-state index contributed by atoms with van der Waals surface area (Å²) in [6.45, 7) is 7.94. The highest BCUT2D eigenvalue weighted by molar-refractivity contribution is 7.22. The number of rotatable bonds is 8. The molecular formula is C49H34N2S. The van der Waals surface area contributed by atoms with Crippen LogP contribution in [0.4, 0.5) is 0 Å². The Hall–Kier alpha value is -6.42. The molecule has 0 radical (unpaired) electrons. The van der Waals surface area contributed by atoms with E-state index in [1.807, 2.05) is 6.08 Å². The molecule has 0 saturated heterocycles. The summed E-state index contributed by atoms with van der Waals surface area (Å²) in [4.78, 5) is 11.1. The van der Waals surface area contributed by atoms with Crippen LogP contribution in [0.3, 0.4) is 0 Å². The van der Waals surface area contributed by atoms with E-state index < -0.39 is 5.41 Å². The zero-order valence-corrected chi connectivity index (χ0v) is 29.4. The molecule has 0 fully saturated rings. The number of benzene rings is 6. The van der Waals surface area contributed by atoms with E-state index >= 15 is 0 Å². The summed E-state index contributed by atoms with van der Waals surface area (Å²) >= 11 is 1.74. The lowest BCUT2D eigenvalue weighted by Gasteiger charge is -2.34. The summed E-state index contributed by atoms with van der Waals surface area (Å²) in [5.41, 5.74) is 13.2. The highest BCUT2D eigenvalue weighted by Gasteiger charge is 2.46. The molecule has 2 aromatic heterocycles. The molecule has 1 aliphatic rings. The van der Waals surface area contributed by atoms with Crippen molar-refractivity contribution in [2.75, 3.05) is 0 Å². The Balaban J connectivity index is 1.16. The normalized spacial score (nSPS) is 13.0. The minimum atomic E-state index is -0.438. The van der Waals surface area contributed by atoms with Gasteiger partial charge in [0.2, 0.25) is 0 Å². The van der Waals surface area contributed by atoms with Crippen molar-refractivity contribution in [2.24, 2.45) is 0 Å². The molecule has 246 valence electrons. The van der Waals surface area contributed by atoms with Crippen LogP contribution >= 0.6 is 11.3 Å². The number of allylic oxidation sites excluding steroid dienone is 4. The molecule has 9 rings (SSSR count). The van der Waals surface area contributed by atoms with E-state index in [0.717, 1.165) is 33.0 Å². The average Bonchev–Trinajstić information content (AvgIpc) is 3.78. The first-order valence-corrected chi connectivity index (χ1v) is 18.3. The highest BCUT2D eigenvalue weighted by Crippen LogP contribution is 2.56. The van der Waals surface area contributed by atoms with Gasteiger partial charge in [0.1, 0.15) is 0 Å². The van der Waals surface area contributed by atoms with Gasteiger partial charge >= 0.3 is 0 Å². The molecule has 0 N–H and O–H groups in total. The molecule has 2 nitrogen and oxygen atoms in total. The molecule has 8 aromatic rings. The van der Waals surface area contributed by atoms with Crippen molar-refractivity contribution in [3.8, 4) is 44.1 Å². The molecule has 0 saturated carbocycles. The van der Waals surface area contributed by atoms with Gasteiger partial charge in [0.15, 0.2) is 5.82 Å². The minimum absolute atomic E-state index is 0.438. The largest absolute Gasteiger partial charge is 0.228 e. The Morgan fingerprint density at radius 1 is 0.538 bits per heavy atom. The van der Waals surface area contributed by atoms with E-state index in [2.05, 4.69) is 177 Å². The van der Waals surface area contributed by atoms with Gasteiger partial charge in [0, 0.05) is 15.8 Å². The fourth-order valence-electron chi connectivity index (χ4n) is 7.78. The lowest BCUT2D eigenvalue weighted by Crippen LogP contribution is -2.28. The molecule has 0 amide bonds. The van der Waals surface area contributed by atoms with Crippen molar-refractivity contribution < 1.29 is 0 Å². The van der Waals surface area contributed by atoms with E-state index in [1.165, 1.54) is 49.0 Å². The summed E-state index contributed by atoms with van der Waals surface area (Å²) in [7, 11) is 0. The van der Waals surface area contributed by atoms with Crippen LogP contribution in [0.1, 0.15) is 28.1 Å². The molecular weight excluding hydrogens is 649 g/mol. The summed E-state index contributed by atoms with van der Waals surface area (Å²) < 4.78 is 1.23. The number of thiophene rings is 1. The Morgan fingerprint density at radius 3 is 1.87 bits per heavy atom. The van der Waals surface area contributed by atoms with Crippen molar-refractivity contribution in [1.29, 1.82) is 0 Å². The Bertz CT molecular complexity index is 2580. The molecule has 1 aliphatic carbocycles. The van der Waals surface area contributed by atoms with Crippen molar-refractivity contribution in [1.82, 2.24) is 9.97 Å². The molecule has 0 spiro atoms. The fourth-order valence-corrected chi connectivity index (χ4v) is 8.80. The SMILES string of the molecule is C=C/C=C(\C=C)c1nc(-c2ccc(-c3ccc4c(c3)C(c3ccccc3)(c3ccccc3)c3ccccc3-4)cc2)cc(-c2cc3ccccc3s2)n1. The zero-order chi connectivity index (χ0) is 35.1. The molecule has 0 aliphatic heterocycles. The lowest BCUT2D eigenvalue weighted by atomic mass is 9.67. The zero-order valence-electron chi connectivity index (χ0n) is 28.5. The maximum absolute atomic E-state index is 5.04. The Labute approximate surface area is 308 Å². The van der Waals surface area contributed by atoms with Crippen molar-refractivity contribution in [3.63, 3.8) is 0 Å². The van der Waals surface area contributed by atoms with Crippen LogP contribution in [0.25, 0.3) is 59.7 Å². The van der Waals surface area contributed by atoms with Crippen LogP contribution in [0.15, 0.2) is 195 Å². The van der Waals surface area contributed by atoms with Gasteiger partial charge in [-0.25, -0.2) is 9.97 Å². The van der Waals surface area contributed by atoms with Gasteiger partial charge < -0.3 is 0 Å². The third kappa shape index (κ3) is 5.17. The van der Waals surface area contributed by atoms with Crippen LogP contribution in [0.2, 0.25) is 0 Å². The van der Waals surface area contributed by atoms with Gasteiger partial charge in [-0.1, -0.05) is 171 Å². The van der Waals surface area contributed by atoms with Crippen LogP contribution in [0.5, 0.6) is 0 Å². The maximum atomic E-state index is 5.04. The predicted molar refractivity (Wildman–Crippen MR) is 219 cm³/mol. The number of fused-ring (bicyclic) bond motifs is 4. The lowest BCUT2D eigenvalue weighted by molar-refractivity contribution is 0.769. The van der Waals surface area contributed by atoms with E-state index in [1.54, 1.807) is 23.5 Å². The summed E-state index contributed by atoms with van der Waals surface area (Å²) in [5.74, 6) is 0.625. The summed E-state index contributed by atoms with van der Waals surface area (Å²) in [6.07, 6.45) is 5.44. The van der Waals surface area contributed by atoms with Crippen molar-refractivity contribution in [2.45, 2.75) is 5.41 Å². The number of hydrogen-bond donors (Lipinski definition) is 0. The topological polar surface area (TPSA) is 25.8 Å². The number of aromatic nitrogens is 2. The molecule has 0 atom stereocenters. The fraction of sp³-hybridized carbons (Fsp3) is 0.0204. The third-order valence-corrected chi connectivity index (χ3v) is 11.3. The smallest absolute Gasteiger partial charge is 0.160 e. The van der Waals surface area contributed by atoms with E-state index in [4.69, 9.17) is 9.97 Å². The van der Waals surface area contributed by atoms with Gasteiger partial charge in [-0.2, -0.15) is 0 Å². The molecule has 3 heteroatoms. The van der Waals surface area contributed by atoms with Gasteiger partial charge in [-0.3, -0.25) is 0 Å². The maximum Gasteiger partial charge on any atom is 0.160 e. The van der Waals surface area contributed by atoms with Gasteiger partial charge in [-0.15, -0.1) is 11.3 Å². The second kappa shape index (κ2) is 13.0. The van der Waals surface area contributed by atoms with Crippen LogP contribution in [-0.4, -0.2) is 9.97 Å². The van der Waals surface area contributed by atoms with E-state index in [0.29, 0.717) is 5.82 Å². The minimum Gasteiger partial charge on any atom is -0.228 e. The van der Waals surface area contributed by atoms with Crippen LogP contribution in [0, 0.1) is 0 Å². The van der Waals surface area contributed by atoms with Crippen LogP contribution in [-0.2, 0) is 5.41 Å². The Morgan fingerprint density at radius 2 is 1.15 bits per heavy atom. The number of hydrogen-bond acceptors (Lipinski definition) is 3. The first kappa shape index (κ1) is 31.6. The summed E-state index contributed by atoms with van der Waals surface area (Å²) in [5, 5.41) is 1.21. The van der Waals surface area contributed by atoms with E-state index in [9.17, 15) is 0 Å². The first-order chi connectivity index (χ1) is 25.7. The van der Waals surface area contributed by atoms with Gasteiger partial charge in [-0.05, 0) is 74.2 Å². The van der Waals surface area contributed by atoms with Crippen LogP contribution < -0.4 is 0 Å². The van der Waals surface area contributed by atoms with Gasteiger partial charge in [0.25, 0.3) is 0 Å². The van der Waals surface area contributed by atoms with Gasteiger partial charge in [0.05, 0.1) is 21.7 Å². The van der Waals surface area contributed by atoms with Crippen molar-refractivity contribution >= 4 is 27.0 Å². The summed E-state index contributed by atoms with van der Waals surface area (Å²) in [6, 6.07) is 59.2. The predicted octanol–water partition coefficient (Wildman–Crippen LogP) is 12.8. The van der Waals surface area contributed by atoms with Crippen molar-refractivity contribution in [3.05, 3.63) is 223 Å². The van der Waals surface area contributed by atoms with E-state index in [-0.39, 0.29) is 0 Å². The molecule has 0 bridgehead atoms. The monoisotopic (exact) mass is 682 g/mol. The third-order valence-electron chi connectivity index (χ3n) is 10.2. The second-order valence-corrected chi connectivity index (χ2v) is 14.1. The molecule has 2 heterocycles. The molecule has 0 unspecified atom stereocenters. The standard InChI is InChI=1S/C49H34N2S/c1-3-15-33(4-2)48-50-44(32-45(51-48)47-31-37-16-11-14-23-46(37)52-47)35-26-24-34(25-27-35)36-28-29-41-40-21-12-13-22-42(40)49(43(41)30-36,38-17-7-5-8-18-38)39-19-9-6-10-20-39/h3-32H,1-2H2/b33-15+. The first-order valence-electron chi connectivity index (χ1n) is 17.5. The number of nitrogens with zero attached hydrogens (tertiary/aromatic N) is 2. The Kier molecular flexibility index (Phi) is 7.91.